The summed E-state index contributed by atoms with van der Waals surface area (Å²) in [4.78, 5) is 27.0. The van der Waals surface area contributed by atoms with Gasteiger partial charge in [0.2, 0.25) is 0 Å². The number of ether oxygens (including phenoxy) is 2. The van der Waals surface area contributed by atoms with Gasteiger partial charge in [0.05, 0.1) is 31.7 Å². The third-order valence-electron chi connectivity index (χ3n) is 5.87. The zero-order chi connectivity index (χ0) is 21.3. The highest BCUT2D eigenvalue weighted by molar-refractivity contribution is 6.30. The SMILES string of the molecule is COc1cc2c(=O)n(C3CCCCC3)c(=O)n(Cc3ccc(Cl)cc3)c2cc1OC. The van der Waals surface area contributed by atoms with E-state index >= 15 is 0 Å². The summed E-state index contributed by atoms with van der Waals surface area (Å²) >= 11 is 6.02. The van der Waals surface area contributed by atoms with E-state index in [-0.39, 0.29) is 17.3 Å². The van der Waals surface area contributed by atoms with E-state index in [0.717, 1.165) is 37.7 Å². The van der Waals surface area contributed by atoms with Gasteiger partial charge in [-0.3, -0.25) is 13.9 Å². The van der Waals surface area contributed by atoms with Gasteiger partial charge in [-0.1, -0.05) is 43.0 Å². The Morgan fingerprint density at radius 2 is 1.60 bits per heavy atom. The molecular weight excluding hydrogens is 404 g/mol. The third kappa shape index (κ3) is 3.72. The molecule has 0 bridgehead atoms. The molecule has 158 valence electrons. The zero-order valence-electron chi connectivity index (χ0n) is 17.2. The largest absolute Gasteiger partial charge is 0.493 e. The van der Waals surface area contributed by atoms with Crippen LogP contribution >= 0.6 is 11.6 Å². The summed E-state index contributed by atoms with van der Waals surface area (Å²) in [6.45, 7) is 0.328. The van der Waals surface area contributed by atoms with Crippen LogP contribution in [0.5, 0.6) is 11.5 Å². The summed E-state index contributed by atoms with van der Waals surface area (Å²) in [5.41, 5.74) is 0.896. The van der Waals surface area contributed by atoms with Gasteiger partial charge in [-0.15, -0.1) is 0 Å². The predicted octanol–water partition coefficient (Wildman–Crippen LogP) is 4.39. The van der Waals surface area contributed by atoms with Crippen molar-refractivity contribution in [3.63, 3.8) is 0 Å². The van der Waals surface area contributed by atoms with E-state index in [4.69, 9.17) is 21.1 Å². The van der Waals surface area contributed by atoms with E-state index in [1.165, 1.54) is 18.8 Å². The zero-order valence-corrected chi connectivity index (χ0v) is 17.9. The second-order valence-electron chi connectivity index (χ2n) is 7.69. The number of rotatable bonds is 5. The van der Waals surface area contributed by atoms with Gasteiger partial charge < -0.3 is 9.47 Å². The van der Waals surface area contributed by atoms with Gasteiger partial charge in [0, 0.05) is 17.1 Å². The van der Waals surface area contributed by atoms with Crippen LogP contribution in [0.2, 0.25) is 5.02 Å². The molecule has 0 amide bonds. The topological polar surface area (TPSA) is 62.5 Å². The molecule has 0 radical (unpaired) electrons. The van der Waals surface area contributed by atoms with E-state index in [0.29, 0.717) is 34.0 Å². The molecule has 0 unspecified atom stereocenters. The van der Waals surface area contributed by atoms with E-state index < -0.39 is 0 Å². The summed E-state index contributed by atoms with van der Waals surface area (Å²) in [5, 5.41) is 1.08. The van der Waals surface area contributed by atoms with Gasteiger partial charge in [-0.2, -0.15) is 0 Å². The number of hydrogen-bond acceptors (Lipinski definition) is 4. The van der Waals surface area contributed by atoms with Crippen LogP contribution < -0.4 is 20.7 Å². The second kappa shape index (κ2) is 8.56. The Morgan fingerprint density at radius 1 is 0.967 bits per heavy atom. The molecule has 1 aliphatic carbocycles. The fourth-order valence-electron chi connectivity index (χ4n) is 4.30. The monoisotopic (exact) mass is 428 g/mol. The van der Waals surface area contributed by atoms with Crippen LogP contribution in [0.4, 0.5) is 0 Å². The highest BCUT2D eigenvalue weighted by Crippen LogP contribution is 2.32. The van der Waals surface area contributed by atoms with Crippen molar-refractivity contribution in [3.8, 4) is 11.5 Å². The van der Waals surface area contributed by atoms with Crippen molar-refractivity contribution >= 4 is 22.5 Å². The predicted molar refractivity (Wildman–Crippen MR) is 118 cm³/mol. The van der Waals surface area contributed by atoms with Crippen LogP contribution in [-0.2, 0) is 6.54 Å². The van der Waals surface area contributed by atoms with Gasteiger partial charge in [0.25, 0.3) is 5.56 Å². The van der Waals surface area contributed by atoms with Crippen LogP contribution in [-0.4, -0.2) is 23.4 Å². The van der Waals surface area contributed by atoms with Crippen molar-refractivity contribution in [3.05, 3.63) is 67.8 Å². The number of nitrogens with zero attached hydrogens (tertiary/aromatic N) is 2. The molecule has 0 aliphatic heterocycles. The molecule has 1 saturated carbocycles. The summed E-state index contributed by atoms with van der Waals surface area (Å²) < 4.78 is 13.9. The summed E-state index contributed by atoms with van der Waals surface area (Å²) in [7, 11) is 3.07. The number of aromatic nitrogens is 2. The number of methoxy groups -OCH3 is 2. The van der Waals surface area contributed by atoms with E-state index in [1.54, 1.807) is 28.8 Å². The Morgan fingerprint density at radius 3 is 2.23 bits per heavy atom. The molecule has 30 heavy (non-hydrogen) atoms. The minimum atomic E-state index is -0.290. The van der Waals surface area contributed by atoms with E-state index in [1.807, 2.05) is 12.1 Å². The quantitative estimate of drug-likeness (QED) is 0.604. The first-order chi connectivity index (χ1) is 14.5. The first kappa shape index (κ1) is 20.5. The maximum absolute atomic E-state index is 13.6. The second-order valence-corrected chi connectivity index (χ2v) is 8.12. The van der Waals surface area contributed by atoms with Crippen molar-refractivity contribution in [2.75, 3.05) is 14.2 Å². The van der Waals surface area contributed by atoms with E-state index in [9.17, 15) is 9.59 Å². The van der Waals surface area contributed by atoms with Crippen LogP contribution in [0.3, 0.4) is 0 Å². The van der Waals surface area contributed by atoms with Crippen LogP contribution in [0.25, 0.3) is 10.9 Å². The molecule has 7 heteroatoms. The maximum atomic E-state index is 13.6. The number of halogens is 1. The molecule has 1 aliphatic rings. The lowest BCUT2D eigenvalue weighted by atomic mass is 9.95. The normalized spacial score (nSPS) is 14.8. The standard InChI is InChI=1S/C23H25ClN2O4/c1-29-20-12-18-19(13-21(20)30-2)25(14-15-8-10-16(24)11-9-15)23(28)26(22(18)27)17-6-4-3-5-7-17/h8-13,17H,3-7,14H2,1-2H3. The Kier molecular flexibility index (Phi) is 5.86. The van der Waals surface area contributed by atoms with Gasteiger partial charge in [0.1, 0.15) is 0 Å². The molecule has 1 aromatic heterocycles. The van der Waals surface area contributed by atoms with Crippen molar-refractivity contribution in [1.82, 2.24) is 9.13 Å². The molecule has 1 fully saturated rings. The third-order valence-corrected chi connectivity index (χ3v) is 6.12. The van der Waals surface area contributed by atoms with E-state index in [2.05, 4.69) is 0 Å². The maximum Gasteiger partial charge on any atom is 0.332 e. The summed E-state index contributed by atoms with van der Waals surface area (Å²) in [5.74, 6) is 0.943. The Labute approximate surface area is 179 Å². The fraction of sp³-hybridized carbons (Fsp3) is 0.391. The molecule has 6 nitrogen and oxygen atoms in total. The Balaban J connectivity index is 1.99. The van der Waals surface area contributed by atoms with Gasteiger partial charge in [-0.05, 0) is 36.6 Å². The van der Waals surface area contributed by atoms with Crippen molar-refractivity contribution < 1.29 is 9.47 Å². The average molecular weight is 429 g/mol. The molecule has 0 atom stereocenters. The molecule has 2 aromatic carbocycles. The molecular formula is C23H25ClN2O4. The molecule has 4 rings (SSSR count). The Bertz CT molecular complexity index is 1180. The lowest BCUT2D eigenvalue weighted by Crippen LogP contribution is -2.43. The first-order valence-electron chi connectivity index (χ1n) is 10.2. The average Bonchev–Trinajstić information content (AvgIpc) is 2.78. The minimum absolute atomic E-state index is 0.0762. The van der Waals surface area contributed by atoms with Crippen molar-refractivity contribution in [2.45, 2.75) is 44.7 Å². The minimum Gasteiger partial charge on any atom is -0.493 e. The molecule has 0 N–H and O–H groups in total. The molecule has 1 heterocycles. The summed E-state index contributed by atoms with van der Waals surface area (Å²) in [6.07, 6.45) is 4.88. The van der Waals surface area contributed by atoms with Gasteiger partial charge >= 0.3 is 5.69 Å². The van der Waals surface area contributed by atoms with Crippen LogP contribution in [0.1, 0.15) is 43.7 Å². The van der Waals surface area contributed by atoms with Crippen LogP contribution in [0, 0.1) is 0 Å². The van der Waals surface area contributed by atoms with Gasteiger partial charge in [-0.25, -0.2) is 4.79 Å². The lowest BCUT2D eigenvalue weighted by molar-refractivity contribution is 0.332. The number of benzene rings is 2. The lowest BCUT2D eigenvalue weighted by Gasteiger charge is -2.25. The van der Waals surface area contributed by atoms with Crippen molar-refractivity contribution in [2.24, 2.45) is 0 Å². The molecule has 0 saturated heterocycles. The molecule has 3 aromatic rings. The highest BCUT2D eigenvalue weighted by atomic mass is 35.5. The van der Waals surface area contributed by atoms with Crippen molar-refractivity contribution in [1.29, 1.82) is 0 Å². The summed E-state index contributed by atoms with van der Waals surface area (Å²) in [6, 6.07) is 10.7. The van der Waals surface area contributed by atoms with Crippen LogP contribution in [0.15, 0.2) is 46.0 Å². The number of fused-ring (bicyclic) bond motifs is 1. The van der Waals surface area contributed by atoms with Gasteiger partial charge in [0.15, 0.2) is 11.5 Å². The Hall–Kier alpha value is -2.73. The smallest absolute Gasteiger partial charge is 0.332 e. The first-order valence-corrected chi connectivity index (χ1v) is 10.6. The molecule has 0 spiro atoms. The fourth-order valence-corrected chi connectivity index (χ4v) is 4.43. The highest BCUT2D eigenvalue weighted by Gasteiger charge is 2.23. The number of hydrogen-bond donors (Lipinski definition) is 0.